The van der Waals surface area contributed by atoms with E-state index in [0.29, 0.717) is 6.42 Å². The molecule has 2 bridgehead atoms. The van der Waals surface area contributed by atoms with Crippen LogP contribution in [0.25, 0.3) is 10.9 Å². The summed E-state index contributed by atoms with van der Waals surface area (Å²) >= 11 is 0. The maximum atomic E-state index is 13.2. The number of carbonyl (C=O) groups excluding carboxylic acids is 1. The highest BCUT2D eigenvalue weighted by molar-refractivity contribution is 5.89. The number of para-hydroxylation sites is 1. The number of carbonyl (C=O) groups is 1. The summed E-state index contributed by atoms with van der Waals surface area (Å²) in [5.74, 6) is 0.221. The highest BCUT2D eigenvalue weighted by Crippen LogP contribution is 2.43. The van der Waals surface area contributed by atoms with E-state index in [4.69, 9.17) is 0 Å². The van der Waals surface area contributed by atoms with Gasteiger partial charge in [-0.25, -0.2) is 9.97 Å². The van der Waals surface area contributed by atoms with Crippen molar-refractivity contribution in [3.05, 3.63) is 59.8 Å². The molecule has 5 nitrogen and oxygen atoms in total. The Bertz CT molecular complexity index is 977. The van der Waals surface area contributed by atoms with E-state index in [-0.39, 0.29) is 18.0 Å². The maximum Gasteiger partial charge on any atom is 0.227 e. The monoisotopic (exact) mass is 332 g/mol. The smallest absolute Gasteiger partial charge is 0.227 e. The van der Waals surface area contributed by atoms with Gasteiger partial charge in [-0.1, -0.05) is 18.2 Å². The molecule has 5 rings (SSSR count). The van der Waals surface area contributed by atoms with E-state index in [9.17, 15) is 4.79 Å². The summed E-state index contributed by atoms with van der Waals surface area (Å²) < 4.78 is 2.10. The number of hydrogen-bond donors (Lipinski definition) is 0. The van der Waals surface area contributed by atoms with Crippen molar-refractivity contribution >= 4 is 16.8 Å². The molecule has 0 N–H and O–H groups in total. The highest BCUT2D eigenvalue weighted by atomic mass is 16.2. The molecule has 2 atom stereocenters. The van der Waals surface area contributed by atoms with Crippen LogP contribution in [0.5, 0.6) is 0 Å². The van der Waals surface area contributed by atoms with Gasteiger partial charge in [0, 0.05) is 48.4 Å². The highest BCUT2D eigenvalue weighted by Gasteiger charge is 2.43. The van der Waals surface area contributed by atoms with Crippen LogP contribution in [0.2, 0.25) is 0 Å². The molecule has 2 aromatic heterocycles. The first-order valence-electron chi connectivity index (χ1n) is 8.85. The van der Waals surface area contributed by atoms with Gasteiger partial charge < -0.3 is 9.47 Å². The van der Waals surface area contributed by atoms with Crippen LogP contribution in [0.15, 0.2) is 43.0 Å². The quantitative estimate of drug-likeness (QED) is 0.725. The lowest BCUT2D eigenvalue weighted by atomic mass is 9.98. The van der Waals surface area contributed by atoms with Gasteiger partial charge in [0.2, 0.25) is 5.91 Å². The number of nitrogens with zero attached hydrogens (tertiary/aromatic N) is 4. The predicted octanol–water partition coefficient (Wildman–Crippen LogP) is 2.80. The number of hydrogen-bond acceptors (Lipinski definition) is 3. The summed E-state index contributed by atoms with van der Waals surface area (Å²) in [7, 11) is 2.04. The summed E-state index contributed by atoms with van der Waals surface area (Å²) in [5, 5.41) is 1.17. The van der Waals surface area contributed by atoms with Crippen molar-refractivity contribution in [2.24, 2.45) is 7.05 Å². The van der Waals surface area contributed by atoms with Crippen LogP contribution in [-0.4, -0.2) is 31.4 Å². The van der Waals surface area contributed by atoms with E-state index in [1.54, 1.807) is 6.33 Å². The van der Waals surface area contributed by atoms with Gasteiger partial charge in [0.15, 0.2) is 0 Å². The summed E-state index contributed by atoms with van der Waals surface area (Å²) in [5.41, 5.74) is 4.54. The molecule has 1 fully saturated rings. The number of fused-ring (bicyclic) bond motifs is 5. The van der Waals surface area contributed by atoms with Crippen LogP contribution in [0.3, 0.4) is 0 Å². The van der Waals surface area contributed by atoms with Gasteiger partial charge in [-0.05, 0) is 24.5 Å². The van der Waals surface area contributed by atoms with Crippen molar-refractivity contribution in [3.63, 3.8) is 0 Å². The van der Waals surface area contributed by atoms with Gasteiger partial charge in [-0.15, -0.1) is 0 Å². The molecular weight excluding hydrogens is 312 g/mol. The first-order valence-corrected chi connectivity index (χ1v) is 8.85. The third-order valence-corrected chi connectivity index (χ3v) is 5.73. The van der Waals surface area contributed by atoms with Crippen LogP contribution in [-0.2, 0) is 24.7 Å². The maximum absolute atomic E-state index is 13.2. The van der Waals surface area contributed by atoms with Crippen LogP contribution in [0.1, 0.15) is 35.7 Å². The topological polar surface area (TPSA) is 51.0 Å². The van der Waals surface area contributed by atoms with Crippen LogP contribution >= 0.6 is 0 Å². The van der Waals surface area contributed by atoms with Crippen molar-refractivity contribution in [2.75, 3.05) is 0 Å². The third kappa shape index (κ3) is 2.18. The van der Waals surface area contributed by atoms with Crippen LogP contribution in [0, 0.1) is 0 Å². The lowest BCUT2D eigenvalue weighted by Gasteiger charge is -2.35. The van der Waals surface area contributed by atoms with Gasteiger partial charge >= 0.3 is 0 Å². The summed E-state index contributed by atoms with van der Waals surface area (Å²) in [6.07, 6.45) is 8.99. The normalized spacial score (nSPS) is 21.6. The van der Waals surface area contributed by atoms with Gasteiger partial charge in [-0.2, -0.15) is 0 Å². The summed E-state index contributed by atoms with van der Waals surface area (Å²) in [6, 6.07) is 8.71. The zero-order chi connectivity index (χ0) is 17.0. The molecule has 3 aromatic rings. The second-order valence-electron chi connectivity index (χ2n) is 7.14. The average Bonchev–Trinajstić information content (AvgIpc) is 3.12. The molecule has 1 aromatic carbocycles. The molecule has 0 spiro atoms. The van der Waals surface area contributed by atoms with Gasteiger partial charge in [0.1, 0.15) is 6.33 Å². The fraction of sp³-hybridized carbons (Fsp3) is 0.350. The van der Waals surface area contributed by atoms with E-state index in [0.717, 1.165) is 36.1 Å². The first-order chi connectivity index (χ1) is 12.2. The number of aromatic nitrogens is 3. The van der Waals surface area contributed by atoms with Crippen molar-refractivity contribution < 1.29 is 4.79 Å². The molecule has 0 aliphatic carbocycles. The second kappa shape index (κ2) is 5.41. The molecule has 4 heterocycles. The zero-order valence-corrected chi connectivity index (χ0v) is 14.2. The minimum absolute atomic E-state index is 0.150. The molecular formula is C20H20N4O. The summed E-state index contributed by atoms with van der Waals surface area (Å²) in [4.78, 5) is 23.9. The van der Waals surface area contributed by atoms with Gasteiger partial charge in [-0.3, -0.25) is 4.79 Å². The van der Waals surface area contributed by atoms with E-state index >= 15 is 0 Å². The Morgan fingerprint density at radius 2 is 2.16 bits per heavy atom. The van der Waals surface area contributed by atoms with Gasteiger partial charge in [0.25, 0.3) is 0 Å². The fourth-order valence-electron chi connectivity index (χ4n) is 4.62. The largest absolute Gasteiger partial charge is 0.350 e. The molecule has 2 aliphatic heterocycles. The number of aryl methyl sites for hydroxylation is 1. The molecule has 2 aliphatic rings. The molecule has 5 heteroatoms. The summed E-state index contributed by atoms with van der Waals surface area (Å²) in [6.45, 7) is 0. The van der Waals surface area contributed by atoms with E-state index in [1.165, 1.54) is 10.9 Å². The molecule has 126 valence electrons. The van der Waals surface area contributed by atoms with Crippen molar-refractivity contribution in [1.82, 2.24) is 19.4 Å². The van der Waals surface area contributed by atoms with Crippen LogP contribution in [0.4, 0.5) is 0 Å². The minimum Gasteiger partial charge on any atom is -0.350 e. The van der Waals surface area contributed by atoms with E-state index in [1.807, 2.05) is 25.4 Å². The standard InChI is InChI=1S/C20H20N4O/c1-23-11-13(15-4-2-3-5-18(15)23)8-20(25)24-14-6-7-19(24)16-10-21-12-22-17(16)9-14/h2-5,10-12,14,19H,6-9H2,1H3. The van der Waals surface area contributed by atoms with E-state index in [2.05, 4.69) is 37.8 Å². The molecule has 0 radical (unpaired) electrons. The van der Waals surface area contributed by atoms with Crippen molar-refractivity contribution in [1.29, 1.82) is 0 Å². The predicted molar refractivity (Wildman–Crippen MR) is 95.0 cm³/mol. The minimum atomic E-state index is 0.150. The van der Waals surface area contributed by atoms with Gasteiger partial charge in [0.05, 0.1) is 18.2 Å². The third-order valence-electron chi connectivity index (χ3n) is 5.73. The second-order valence-corrected chi connectivity index (χ2v) is 7.14. The Labute approximate surface area is 146 Å². The Morgan fingerprint density at radius 3 is 3.08 bits per heavy atom. The molecule has 25 heavy (non-hydrogen) atoms. The lowest BCUT2D eigenvalue weighted by Crippen LogP contribution is -2.43. The Kier molecular flexibility index (Phi) is 3.17. The number of benzene rings is 1. The lowest BCUT2D eigenvalue weighted by molar-refractivity contribution is -0.134. The molecule has 0 saturated carbocycles. The number of amides is 1. The molecule has 1 saturated heterocycles. The van der Waals surface area contributed by atoms with E-state index < -0.39 is 0 Å². The average molecular weight is 332 g/mol. The fourth-order valence-corrected chi connectivity index (χ4v) is 4.62. The van der Waals surface area contributed by atoms with Crippen LogP contribution < -0.4 is 0 Å². The number of rotatable bonds is 2. The zero-order valence-electron chi connectivity index (χ0n) is 14.2. The Morgan fingerprint density at radius 1 is 1.28 bits per heavy atom. The first kappa shape index (κ1) is 14.6. The SMILES string of the molecule is Cn1cc(CC(=O)N2C3CCC2c2cncnc2C3)c2ccccc21. The van der Waals surface area contributed by atoms with Crippen molar-refractivity contribution in [2.45, 2.75) is 37.8 Å². The Balaban J connectivity index is 1.47. The van der Waals surface area contributed by atoms with Crippen molar-refractivity contribution in [3.8, 4) is 0 Å². The molecule has 1 amide bonds. The molecule has 2 unspecified atom stereocenters. The Hall–Kier alpha value is -2.69.